The molecule has 3 aromatic rings. The number of likely N-dealkylation sites (N-methyl/N-ethyl adjacent to an activating group) is 1. The highest BCUT2D eigenvalue weighted by molar-refractivity contribution is 7.92. The van der Waals surface area contributed by atoms with Crippen LogP contribution < -0.4 is 14.4 Å². The minimum absolute atomic E-state index is 0.00318. The highest BCUT2D eigenvalue weighted by Crippen LogP contribution is 2.31. The van der Waals surface area contributed by atoms with Crippen molar-refractivity contribution in [1.29, 1.82) is 0 Å². The lowest BCUT2D eigenvalue weighted by atomic mass is 10.1. The van der Waals surface area contributed by atoms with Crippen molar-refractivity contribution in [3.8, 4) is 5.75 Å². The van der Waals surface area contributed by atoms with Gasteiger partial charge in [-0.1, -0.05) is 60.5 Å². The van der Waals surface area contributed by atoms with E-state index in [1.165, 1.54) is 49.4 Å². The highest BCUT2D eigenvalue weighted by Gasteiger charge is 2.33. The van der Waals surface area contributed by atoms with Gasteiger partial charge in [0.15, 0.2) is 0 Å². The van der Waals surface area contributed by atoms with Crippen LogP contribution in [0, 0.1) is 0 Å². The van der Waals surface area contributed by atoms with E-state index in [1.807, 2.05) is 0 Å². The van der Waals surface area contributed by atoms with E-state index in [-0.39, 0.29) is 33.1 Å². The molecule has 0 saturated heterocycles. The van der Waals surface area contributed by atoms with E-state index in [0.29, 0.717) is 17.7 Å². The Bertz CT molecular complexity index is 1390. The average Bonchev–Trinajstić information content (AvgIpc) is 2.93. The van der Waals surface area contributed by atoms with Gasteiger partial charge in [-0.2, -0.15) is 0 Å². The number of anilines is 1. The summed E-state index contributed by atoms with van der Waals surface area (Å²) >= 11 is 12.3. The van der Waals surface area contributed by atoms with E-state index in [1.54, 1.807) is 49.4 Å². The Labute approximate surface area is 233 Å². The summed E-state index contributed by atoms with van der Waals surface area (Å²) in [4.78, 5) is 28.0. The highest BCUT2D eigenvalue weighted by atomic mass is 35.5. The van der Waals surface area contributed by atoms with Gasteiger partial charge >= 0.3 is 0 Å². The van der Waals surface area contributed by atoms with Gasteiger partial charge < -0.3 is 15.0 Å². The second-order valence-corrected chi connectivity index (χ2v) is 11.0. The normalized spacial score (nSPS) is 11.9. The monoisotopic (exact) mass is 577 g/mol. The molecule has 38 heavy (non-hydrogen) atoms. The lowest BCUT2D eigenvalue weighted by molar-refractivity contribution is -0.140. The Hall–Kier alpha value is -3.27. The van der Waals surface area contributed by atoms with Crippen molar-refractivity contribution in [3.05, 3.63) is 88.4 Å². The molecule has 0 aliphatic rings. The molecule has 0 aromatic heterocycles. The molecule has 3 rings (SSSR count). The van der Waals surface area contributed by atoms with Crippen LogP contribution in [0.15, 0.2) is 77.7 Å². The molecule has 0 bridgehead atoms. The Kier molecular flexibility index (Phi) is 10.0. The molecule has 0 heterocycles. The predicted molar refractivity (Wildman–Crippen MR) is 149 cm³/mol. The summed E-state index contributed by atoms with van der Waals surface area (Å²) in [5.74, 6) is -0.350. The van der Waals surface area contributed by atoms with E-state index in [9.17, 15) is 18.0 Å². The van der Waals surface area contributed by atoms with Crippen LogP contribution in [0.2, 0.25) is 10.0 Å². The Balaban J connectivity index is 2.07. The van der Waals surface area contributed by atoms with Gasteiger partial charge in [0.2, 0.25) is 11.8 Å². The number of sulfonamides is 1. The maximum Gasteiger partial charge on any atom is 0.264 e. The lowest BCUT2D eigenvalue weighted by Crippen LogP contribution is -2.51. The Morgan fingerprint density at radius 2 is 1.68 bits per heavy atom. The number of hydrogen-bond acceptors (Lipinski definition) is 5. The fourth-order valence-corrected chi connectivity index (χ4v) is 5.66. The van der Waals surface area contributed by atoms with Crippen LogP contribution in [0.25, 0.3) is 0 Å². The summed E-state index contributed by atoms with van der Waals surface area (Å²) in [5, 5.41) is 2.97. The number of nitrogens with zero attached hydrogens (tertiary/aromatic N) is 2. The zero-order chi connectivity index (χ0) is 27.9. The Morgan fingerprint density at radius 3 is 2.29 bits per heavy atom. The number of nitrogens with one attached hydrogen (secondary N) is 1. The molecule has 1 N–H and O–H groups in total. The van der Waals surface area contributed by atoms with E-state index in [4.69, 9.17) is 27.9 Å². The fraction of sp³-hybridized carbons (Fsp3) is 0.259. The van der Waals surface area contributed by atoms with Crippen molar-refractivity contribution in [1.82, 2.24) is 10.2 Å². The van der Waals surface area contributed by atoms with Gasteiger partial charge in [-0.15, -0.1) is 0 Å². The van der Waals surface area contributed by atoms with Crippen LogP contribution in [-0.2, 0) is 26.2 Å². The standard InChI is InChI=1S/C27H29Cl2N3O5S/c1-4-25(27(34)30-2)31(17-19-9-8-10-21(15-19)37-3)26(33)18-32(20-13-14-23(28)24(29)16-20)38(35,36)22-11-6-5-7-12-22/h5-16,25H,4,17-18H2,1-3H3,(H,30,34)/t25-/m0/s1. The first-order valence-corrected chi connectivity index (χ1v) is 14.0. The van der Waals surface area contributed by atoms with Gasteiger partial charge in [-0.25, -0.2) is 8.42 Å². The number of carbonyl (C=O) groups excluding carboxylic acids is 2. The number of hydrogen-bond donors (Lipinski definition) is 1. The van der Waals surface area contributed by atoms with Gasteiger partial charge in [-0.05, 0) is 54.4 Å². The third kappa shape index (κ3) is 6.78. The number of rotatable bonds is 11. The molecule has 0 spiro atoms. The lowest BCUT2D eigenvalue weighted by Gasteiger charge is -2.33. The zero-order valence-corrected chi connectivity index (χ0v) is 23.6. The summed E-state index contributed by atoms with van der Waals surface area (Å²) in [6.07, 6.45) is 0.313. The van der Waals surface area contributed by atoms with Crippen LogP contribution in [0.4, 0.5) is 5.69 Å². The predicted octanol–water partition coefficient (Wildman–Crippen LogP) is 4.75. The average molecular weight is 579 g/mol. The molecule has 2 amide bonds. The third-order valence-corrected chi connectivity index (χ3v) is 8.45. The largest absolute Gasteiger partial charge is 0.497 e. The summed E-state index contributed by atoms with van der Waals surface area (Å²) in [6, 6.07) is 18.4. The van der Waals surface area contributed by atoms with Crippen molar-refractivity contribution in [2.45, 2.75) is 30.8 Å². The van der Waals surface area contributed by atoms with Crippen molar-refractivity contribution in [2.24, 2.45) is 0 Å². The number of halogens is 2. The Morgan fingerprint density at radius 1 is 0.974 bits per heavy atom. The molecule has 0 saturated carbocycles. The molecule has 0 fully saturated rings. The van der Waals surface area contributed by atoms with E-state index in [2.05, 4.69) is 5.32 Å². The minimum atomic E-state index is -4.19. The van der Waals surface area contributed by atoms with Gasteiger partial charge in [0, 0.05) is 13.6 Å². The molecular formula is C27H29Cl2N3O5S. The van der Waals surface area contributed by atoms with E-state index >= 15 is 0 Å². The van der Waals surface area contributed by atoms with Crippen molar-refractivity contribution >= 4 is 50.7 Å². The van der Waals surface area contributed by atoms with Crippen LogP contribution in [0.5, 0.6) is 5.75 Å². The molecule has 3 aromatic carbocycles. The van der Waals surface area contributed by atoms with Gasteiger partial charge in [0.05, 0.1) is 27.7 Å². The van der Waals surface area contributed by atoms with Gasteiger partial charge in [-0.3, -0.25) is 13.9 Å². The first kappa shape index (κ1) is 29.3. The van der Waals surface area contributed by atoms with Crippen LogP contribution >= 0.6 is 23.2 Å². The number of amides is 2. The maximum atomic E-state index is 13.9. The second-order valence-electron chi connectivity index (χ2n) is 8.33. The number of ether oxygens (including phenoxy) is 1. The van der Waals surface area contributed by atoms with Crippen molar-refractivity contribution in [3.63, 3.8) is 0 Å². The summed E-state index contributed by atoms with van der Waals surface area (Å²) < 4.78 is 33.8. The van der Waals surface area contributed by atoms with E-state index < -0.39 is 28.5 Å². The third-order valence-electron chi connectivity index (χ3n) is 5.92. The minimum Gasteiger partial charge on any atom is -0.497 e. The van der Waals surface area contributed by atoms with Crippen LogP contribution in [0.3, 0.4) is 0 Å². The molecule has 0 aliphatic carbocycles. The smallest absolute Gasteiger partial charge is 0.264 e. The molecule has 8 nitrogen and oxygen atoms in total. The maximum absolute atomic E-state index is 13.9. The first-order valence-electron chi connectivity index (χ1n) is 11.8. The van der Waals surface area contributed by atoms with Crippen LogP contribution in [-0.4, -0.2) is 51.9 Å². The summed E-state index contributed by atoms with van der Waals surface area (Å²) in [5.41, 5.74) is 0.873. The molecule has 202 valence electrons. The number of methoxy groups -OCH3 is 1. The van der Waals surface area contributed by atoms with Crippen LogP contribution in [0.1, 0.15) is 18.9 Å². The van der Waals surface area contributed by atoms with E-state index in [0.717, 1.165) is 4.31 Å². The first-order chi connectivity index (χ1) is 18.1. The molecule has 0 aliphatic heterocycles. The number of benzene rings is 3. The quantitative estimate of drug-likeness (QED) is 0.354. The zero-order valence-electron chi connectivity index (χ0n) is 21.2. The second kappa shape index (κ2) is 13.0. The van der Waals surface area contributed by atoms with Gasteiger partial charge in [0.25, 0.3) is 10.0 Å². The molecule has 0 radical (unpaired) electrons. The molecule has 1 atom stereocenters. The molecule has 11 heteroatoms. The van der Waals surface area contributed by atoms with Crippen molar-refractivity contribution < 1.29 is 22.7 Å². The molecule has 0 unspecified atom stereocenters. The molecular weight excluding hydrogens is 549 g/mol. The fourth-order valence-electron chi connectivity index (χ4n) is 3.94. The number of carbonyl (C=O) groups is 2. The van der Waals surface area contributed by atoms with Crippen molar-refractivity contribution in [2.75, 3.05) is 25.0 Å². The van der Waals surface area contributed by atoms with Gasteiger partial charge in [0.1, 0.15) is 18.3 Å². The SMILES string of the molecule is CC[C@@H](C(=O)NC)N(Cc1cccc(OC)c1)C(=O)CN(c1ccc(Cl)c(Cl)c1)S(=O)(=O)c1ccccc1. The summed E-state index contributed by atoms with van der Waals surface area (Å²) in [6.45, 7) is 1.26. The summed E-state index contributed by atoms with van der Waals surface area (Å²) in [7, 11) is -1.17. The topological polar surface area (TPSA) is 96.0 Å².